The molecule has 8 nitrogen and oxygen atoms in total. The van der Waals surface area contributed by atoms with Crippen LogP contribution < -0.4 is 5.32 Å². The lowest BCUT2D eigenvalue weighted by molar-refractivity contribution is -0.127. The predicted molar refractivity (Wildman–Crippen MR) is 112 cm³/mol. The van der Waals surface area contributed by atoms with Crippen molar-refractivity contribution < 1.29 is 9.32 Å². The van der Waals surface area contributed by atoms with Gasteiger partial charge in [-0.15, -0.1) is 0 Å². The first-order valence-electron chi connectivity index (χ1n) is 11.2. The Labute approximate surface area is 178 Å². The maximum atomic E-state index is 12.7. The van der Waals surface area contributed by atoms with Crippen LogP contribution in [0.2, 0.25) is 0 Å². The average molecular weight is 413 g/mol. The number of hydrogen-bond donors (Lipinski definition) is 1. The van der Waals surface area contributed by atoms with Gasteiger partial charge in [-0.05, 0) is 56.9 Å². The number of hydrogen-bond acceptors (Lipinski definition) is 7. The van der Waals surface area contributed by atoms with Gasteiger partial charge >= 0.3 is 0 Å². The van der Waals surface area contributed by atoms with Gasteiger partial charge in [0.2, 0.25) is 11.8 Å². The van der Waals surface area contributed by atoms with E-state index in [1.807, 2.05) is 25.4 Å². The van der Waals surface area contributed by atoms with Crippen molar-refractivity contribution in [3.8, 4) is 0 Å². The molecule has 0 aromatic carbocycles. The van der Waals surface area contributed by atoms with Gasteiger partial charge in [0.15, 0.2) is 5.82 Å². The molecule has 162 valence electrons. The van der Waals surface area contributed by atoms with Crippen molar-refractivity contribution in [3.63, 3.8) is 0 Å². The van der Waals surface area contributed by atoms with Gasteiger partial charge in [0.05, 0.1) is 12.5 Å². The van der Waals surface area contributed by atoms with Crippen molar-refractivity contribution in [1.82, 2.24) is 30.2 Å². The summed E-state index contributed by atoms with van der Waals surface area (Å²) in [6.07, 6.45) is 8.85. The number of rotatable bonds is 7. The zero-order valence-electron chi connectivity index (χ0n) is 17.8. The molecular weight excluding hydrogens is 380 g/mol. The molecule has 2 aliphatic rings. The van der Waals surface area contributed by atoms with Gasteiger partial charge in [0, 0.05) is 37.9 Å². The van der Waals surface area contributed by atoms with Gasteiger partial charge in [-0.25, -0.2) is 0 Å². The minimum absolute atomic E-state index is 0.0460. The summed E-state index contributed by atoms with van der Waals surface area (Å²) < 4.78 is 5.11. The molecule has 0 saturated carbocycles. The first-order valence-corrected chi connectivity index (χ1v) is 11.2. The van der Waals surface area contributed by atoms with Crippen molar-refractivity contribution in [2.45, 2.75) is 58.2 Å². The third-order valence-corrected chi connectivity index (χ3v) is 6.26. The summed E-state index contributed by atoms with van der Waals surface area (Å²) in [5.74, 6) is 1.31. The van der Waals surface area contributed by atoms with Gasteiger partial charge in [-0.2, -0.15) is 4.98 Å². The summed E-state index contributed by atoms with van der Waals surface area (Å²) in [6.45, 7) is 7.44. The molecule has 1 atom stereocenters. The van der Waals surface area contributed by atoms with Crippen LogP contribution in [-0.4, -0.2) is 63.1 Å². The number of aromatic nitrogens is 3. The standard InChI is InChI=1S/C22H32N6O2/c1-2-21-25-20(26-30-21)14-24-22(29)18-6-4-10-28(16-18)19-7-11-27(12-8-19)15-17-5-3-9-23-13-17/h3,5,9,13,18-19H,2,4,6-8,10-12,14-16H2,1H3,(H,24,29)/t18-/m0/s1. The Hall–Kier alpha value is -2.32. The summed E-state index contributed by atoms with van der Waals surface area (Å²) >= 11 is 0. The number of amides is 1. The number of piperidine rings is 2. The smallest absolute Gasteiger partial charge is 0.226 e. The molecule has 2 fully saturated rings. The Balaban J connectivity index is 1.22. The molecule has 2 aromatic rings. The monoisotopic (exact) mass is 412 g/mol. The first kappa shape index (κ1) is 20.9. The van der Waals surface area contributed by atoms with Crippen molar-refractivity contribution in [3.05, 3.63) is 41.8 Å². The van der Waals surface area contributed by atoms with E-state index in [0.717, 1.165) is 58.4 Å². The van der Waals surface area contributed by atoms with Crippen LogP contribution in [-0.2, 0) is 24.3 Å². The highest BCUT2D eigenvalue weighted by molar-refractivity contribution is 5.78. The van der Waals surface area contributed by atoms with Crippen molar-refractivity contribution in [2.24, 2.45) is 5.92 Å². The van der Waals surface area contributed by atoms with E-state index in [0.29, 0.717) is 30.7 Å². The zero-order chi connectivity index (χ0) is 20.8. The Morgan fingerprint density at radius 2 is 2.13 bits per heavy atom. The van der Waals surface area contributed by atoms with E-state index in [2.05, 4.69) is 36.3 Å². The molecule has 1 N–H and O–H groups in total. The van der Waals surface area contributed by atoms with Crippen LogP contribution >= 0.6 is 0 Å². The summed E-state index contributed by atoms with van der Waals surface area (Å²) in [5, 5.41) is 6.91. The summed E-state index contributed by atoms with van der Waals surface area (Å²) in [4.78, 5) is 26.2. The van der Waals surface area contributed by atoms with Gasteiger partial charge in [-0.3, -0.25) is 19.6 Å². The Morgan fingerprint density at radius 3 is 2.87 bits per heavy atom. The van der Waals surface area contributed by atoms with Crippen molar-refractivity contribution >= 4 is 5.91 Å². The lowest BCUT2D eigenvalue weighted by Crippen LogP contribution is -2.50. The first-order chi connectivity index (χ1) is 14.7. The Morgan fingerprint density at radius 1 is 1.27 bits per heavy atom. The van der Waals surface area contributed by atoms with Crippen molar-refractivity contribution in [2.75, 3.05) is 26.2 Å². The highest BCUT2D eigenvalue weighted by Gasteiger charge is 2.31. The number of likely N-dealkylation sites (tertiary alicyclic amines) is 2. The van der Waals surface area contributed by atoms with Crippen molar-refractivity contribution in [1.29, 1.82) is 0 Å². The fourth-order valence-corrected chi connectivity index (χ4v) is 4.56. The minimum atomic E-state index is 0.0460. The maximum Gasteiger partial charge on any atom is 0.226 e. The van der Waals surface area contributed by atoms with Gasteiger partial charge < -0.3 is 9.84 Å². The average Bonchev–Trinajstić information content (AvgIpc) is 3.27. The van der Waals surface area contributed by atoms with E-state index in [9.17, 15) is 4.79 Å². The lowest BCUT2D eigenvalue weighted by Gasteiger charge is -2.42. The Kier molecular flexibility index (Phi) is 7.07. The molecule has 8 heteroatoms. The minimum Gasteiger partial charge on any atom is -0.348 e. The fraction of sp³-hybridized carbons (Fsp3) is 0.636. The Bertz CT molecular complexity index is 803. The molecule has 0 spiro atoms. The van der Waals surface area contributed by atoms with E-state index < -0.39 is 0 Å². The second kappa shape index (κ2) is 10.1. The van der Waals surface area contributed by atoms with Crippen LogP contribution in [0.5, 0.6) is 0 Å². The van der Waals surface area contributed by atoms with E-state index in [-0.39, 0.29) is 11.8 Å². The van der Waals surface area contributed by atoms with Crippen LogP contribution in [0.15, 0.2) is 29.0 Å². The molecule has 2 saturated heterocycles. The molecule has 0 unspecified atom stereocenters. The van der Waals surface area contributed by atoms with Crippen LogP contribution in [0.3, 0.4) is 0 Å². The van der Waals surface area contributed by atoms with Gasteiger partial charge in [-0.1, -0.05) is 18.1 Å². The summed E-state index contributed by atoms with van der Waals surface area (Å²) in [5.41, 5.74) is 1.28. The predicted octanol–water partition coefficient (Wildman–Crippen LogP) is 2.02. The van der Waals surface area contributed by atoms with Gasteiger partial charge in [0.25, 0.3) is 0 Å². The molecule has 2 aliphatic heterocycles. The summed E-state index contributed by atoms with van der Waals surface area (Å²) in [6, 6.07) is 4.72. The van der Waals surface area contributed by atoms with E-state index in [1.165, 1.54) is 5.56 Å². The molecule has 30 heavy (non-hydrogen) atoms. The molecule has 1 amide bonds. The number of carbonyl (C=O) groups is 1. The lowest BCUT2D eigenvalue weighted by atomic mass is 9.93. The highest BCUT2D eigenvalue weighted by atomic mass is 16.5. The van der Waals surface area contributed by atoms with Gasteiger partial charge in [0.1, 0.15) is 0 Å². The highest BCUT2D eigenvalue weighted by Crippen LogP contribution is 2.24. The molecule has 0 bridgehead atoms. The maximum absolute atomic E-state index is 12.7. The molecule has 4 rings (SSSR count). The zero-order valence-corrected chi connectivity index (χ0v) is 17.8. The molecule has 2 aromatic heterocycles. The summed E-state index contributed by atoms with van der Waals surface area (Å²) in [7, 11) is 0. The largest absolute Gasteiger partial charge is 0.348 e. The molecule has 4 heterocycles. The normalized spacial score (nSPS) is 21.6. The second-order valence-electron chi connectivity index (χ2n) is 8.38. The second-order valence-corrected chi connectivity index (χ2v) is 8.38. The number of aryl methyl sites for hydroxylation is 1. The van der Waals surface area contributed by atoms with E-state index >= 15 is 0 Å². The molecular formula is C22H32N6O2. The van der Waals surface area contributed by atoms with E-state index in [1.54, 1.807) is 0 Å². The third-order valence-electron chi connectivity index (χ3n) is 6.26. The van der Waals surface area contributed by atoms with Crippen LogP contribution in [0.1, 0.15) is 49.9 Å². The quantitative estimate of drug-likeness (QED) is 0.744. The van der Waals surface area contributed by atoms with Crippen LogP contribution in [0, 0.1) is 5.92 Å². The SMILES string of the molecule is CCc1nc(CNC(=O)[C@H]2CCCN(C3CCN(Cc4cccnc4)CC3)C2)no1. The van der Waals surface area contributed by atoms with Crippen LogP contribution in [0.4, 0.5) is 0 Å². The fourth-order valence-electron chi connectivity index (χ4n) is 4.56. The van der Waals surface area contributed by atoms with E-state index in [4.69, 9.17) is 4.52 Å². The molecule has 0 aliphatic carbocycles. The topological polar surface area (TPSA) is 87.4 Å². The number of pyridine rings is 1. The number of carbonyl (C=O) groups excluding carboxylic acids is 1. The number of nitrogens with one attached hydrogen (secondary N) is 1. The third kappa shape index (κ3) is 5.43. The number of nitrogens with zero attached hydrogens (tertiary/aromatic N) is 5. The van der Waals surface area contributed by atoms with Crippen LogP contribution in [0.25, 0.3) is 0 Å². The molecule has 0 radical (unpaired) electrons.